The first-order valence-corrected chi connectivity index (χ1v) is 6.09. The van der Waals surface area contributed by atoms with Gasteiger partial charge in [-0.2, -0.15) is 0 Å². The van der Waals surface area contributed by atoms with Crippen molar-refractivity contribution in [1.29, 1.82) is 0 Å². The predicted molar refractivity (Wildman–Crippen MR) is 72.7 cm³/mol. The summed E-state index contributed by atoms with van der Waals surface area (Å²) in [5, 5.41) is 0. The zero-order valence-corrected chi connectivity index (χ0v) is 10.8. The van der Waals surface area contributed by atoms with Gasteiger partial charge in [-0.05, 0) is 57.0 Å². The summed E-state index contributed by atoms with van der Waals surface area (Å²) in [6, 6.07) is 10.7. The Bertz CT molecular complexity index is 524. The van der Waals surface area contributed by atoms with Crippen molar-refractivity contribution in [1.82, 2.24) is 4.57 Å². The Morgan fingerprint density at radius 3 is 2.47 bits per heavy atom. The molecule has 2 nitrogen and oxygen atoms in total. The van der Waals surface area contributed by atoms with Crippen LogP contribution in [0.4, 0.5) is 0 Å². The summed E-state index contributed by atoms with van der Waals surface area (Å²) < 4.78 is 2.32. The molecule has 0 aliphatic rings. The first-order chi connectivity index (χ1) is 8.15. The molecule has 2 rings (SSSR count). The maximum absolute atomic E-state index is 5.65. The molecule has 0 saturated heterocycles. The third-order valence-electron chi connectivity index (χ3n) is 3.31. The Kier molecular flexibility index (Phi) is 3.34. The van der Waals surface area contributed by atoms with E-state index in [9.17, 15) is 0 Å². The molecular weight excluding hydrogens is 208 g/mol. The number of hydrogen-bond acceptors (Lipinski definition) is 1. The highest BCUT2D eigenvalue weighted by Gasteiger charge is 2.10. The molecule has 0 atom stereocenters. The van der Waals surface area contributed by atoms with Gasteiger partial charge in [0.1, 0.15) is 0 Å². The zero-order chi connectivity index (χ0) is 12.4. The second-order valence-electron chi connectivity index (χ2n) is 4.56. The second kappa shape index (κ2) is 4.76. The molecule has 0 amide bonds. The summed E-state index contributed by atoms with van der Waals surface area (Å²) in [6.07, 6.45) is 0.950. The topological polar surface area (TPSA) is 30.9 Å². The van der Waals surface area contributed by atoms with Crippen LogP contribution in [0.5, 0.6) is 0 Å². The highest BCUT2D eigenvalue weighted by atomic mass is 15.0. The quantitative estimate of drug-likeness (QED) is 0.860. The van der Waals surface area contributed by atoms with E-state index in [1.54, 1.807) is 0 Å². The summed E-state index contributed by atoms with van der Waals surface area (Å²) in [5.41, 5.74) is 12.2. The summed E-state index contributed by atoms with van der Waals surface area (Å²) in [7, 11) is 0. The summed E-state index contributed by atoms with van der Waals surface area (Å²) in [4.78, 5) is 0. The fraction of sp³-hybridized carbons (Fsp3) is 0.333. The van der Waals surface area contributed by atoms with E-state index in [4.69, 9.17) is 5.73 Å². The molecule has 0 saturated carbocycles. The number of hydrogen-bond donors (Lipinski definition) is 1. The number of aryl methyl sites for hydroxylation is 2. The van der Waals surface area contributed by atoms with E-state index >= 15 is 0 Å². The van der Waals surface area contributed by atoms with Gasteiger partial charge < -0.3 is 10.3 Å². The maximum atomic E-state index is 5.65. The lowest BCUT2D eigenvalue weighted by Crippen LogP contribution is -2.05. The lowest BCUT2D eigenvalue weighted by Gasteiger charge is -2.12. The standard InChI is InChI=1S/C15H20N2/c1-11-6-4-5-7-15(11)17-12(2)10-14(8-9-16)13(17)3/h4-7,10H,8-9,16H2,1-3H3. The number of nitrogens with zero attached hydrogens (tertiary/aromatic N) is 1. The highest BCUT2D eigenvalue weighted by molar-refractivity contribution is 5.46. The van der Waals surface area contributed by atoms with Crippen molar-refractivity contribution in [3.05, 3.63) is 52.8 Å². The van der Waals surface area contributed by atoms with Crippen molar-refractivity contribution < 1.29 is 0 Å². The van der Waals surface area contributed by atoms with Gasteiger partial charge in [0.15, 0.2) is 0 Å². The third-order valence-corrected chi connectivity index (χ3v) is 3.31. The van der Waals surface area contributed by atoms with Crippen LogP contribution in [0.15, 0.2) is 30.3 Å². The molecule has 17 heavy (non-hydrogen) atoms. The average Bonchev–Trinajstić information content (AvgIpc) is 2.57. The zero-order valence-electron chi connectivity index (χ0n) is 10.8. The molecule has 2 heteroatoms. The van der Waals surface area contributed by atoms with Gasteiger partial charge in [-0.1, -0.05) is 18.2 Å². The Balaban J connectivity index is 2.56. The molecule has 0 bridgehead atoms. The Morgan fingerprint density at radius 2 is 1.82 bits per heavy atom. The Labute approximate surface area is 103 Å². The monoisotopic (exact) mass is 228 g/mol. The lowest BCUT2D eigenvalue weighted by molar-refractivity contribution is 0.916. The van der Waals surface area contributed by atoms with Gasteiger partial charge in [0.2, 0.25) is 0 Å². The number of para-hydroxylation sites is 1. The van der Waals surface area contributed by atoms with E-state index in [1.165, 1.54) is 28.2 Å². The van der Waals surface area contributed by atoms with Crippen LogP contribution in [0.3, 0.4) is 0 Å². The van der Waals surface area contributed by atoms with Gasteiger partial charge in [0, 0.05) is 17.1 Å². The van der Waals surface area contributed by atoms with Crippen LogP contribution in [0.25, 0.3) is 5.69 Å². The van der Waals surface area contributed by atoms with E-state index in [-0.39, 0.29) is 0 Å². The summed E-state index contributed by atoms with van der Waals surface area (Å²) in [6.45, 7) is 7.18. The first-order valence-electron chi connectivity index (χ1n) is 6.09. The molecule has 1 aromatic carbocycles. The van der Waals surface area contributed by atoms with E-state index in [2.05, 4.69) is 55.7 Å². The van der Waals surface area contributed by atoms with Crippen molar-refractivity contribution in [2.45, 2.75) is 27.2 Å². The number of aromatic nitrogens is 1. The highest BCUT2D eigenvalue weighted by Crippen LogP contribution is 2.23. The minimum atomic E-state index is 0.706. The fourth-order valence-electron chi connectivity index (χ4n) is 2.42. The van der Waals surface area contributed by atoms with Gasteiger partial charge in [0.05, 0.1) is 0 Å². The molecular formula is C15H20N2. The van der Waals surface area contributed by atoms with Crippen molar-refractivity contribution in [3.8, 4) is 5.69 Å². The van der Waals surface area contributed by atoms with Crippen molar-refractivity contribution in [3.63, 3.8) is 0 Å². The Hall–Kier alpha value is -1.54. The van der Waals surface area contributed by atoms with E-state index in [0.717, 1.165) is 6.42 Å². The van der Waals surface area contributed by atoms with E-state index < -0.39 is 0 Å². The summed E-state index contributed by atoms with van der Waals surface area (Å²) >= 11 is 0. The molecule has 2 N–H and O–H groups in total. The van der Waals surface area contributed by atoms with Crippen molar-refractivity contribution >= 4 is 0 Å². The smallest absolute Gasteiger partial charge is 0.0484 e. The van der Waals surface area contributed by atoms with Crippen LogP contribution in [0, 0.1) is 20.8 Å². The molecule has 0 spiro atoms. The molecule has 1 aromatic heterocycles. The fourth-order valence-corrected chi connectivity index (χ4v) is 2.42. The largest absolute Gasteiger partial charge is 0.330 e. The third kappa shape index (κ3) is 2.13. The van der Waals surface area contributed by atoms with E-state index in [1.807, 2.05) is 0 Å². The van der Waals surface area contributed by atoms with Crippen molar-refractivity contribution in [2.75, 3.05) is 6.54 Å². The first kappa shape index (κ1) is 11.9. The minimum absolute atomic E-state index is 0.706. The molecule has 0 fully saturated rings. The van der Waals surface area contributed by atoms with Gasteiger partial charge in [0.25, 0.3) is 0 Å². The van der Waals surface area contributed by atoms with Gasteiger partial charge in [-0.15, -0.1) is 0 Å². The van der Waals surface area contributed by atoms with Gasteiger partial charge in [-0.3, -0.25) is 0 Å². The molecule has 0 radical (unpaired) electrons. The van der Waals surface area contributed by atoms with Crippen LogP contribution in [0.1, 0.15) is 22.5 Å². The molecule has 0 aliphatic carbocycles. The maximum Gasteiger partial charge on any atom is 0.0484 e. The average molecular weight is 228 g/mol. The van der Waals surface area contributed by atoms with Crippen LogP contribution in [0.2, 0.25) is 0 Å². The minimum Gasteiger partial charge on any atom is -0.330 e. The number of nitrogens with two attached hydrogens (primary N) is 1. The van der Waals surface area contributed by atoms with Crippen LogP contribution >= 0.6 is 0 Å². The number of benzene rings is 1. The predicted octanol–water partition coefficient (Wildman–Crippen LogP) is 2.90. The van der Waals surface area contributed by atoms with Crippen LogP contribution < -0.4 is 5.73 Å². The normalized spacial score (nSPS) is 10.8. The van der Waals surface area contributed by atoms with Gasteiger partial charge in [-0.25, -0.2) is 0 Å². The lowest BCUT2D eigenvalue weighted by atomic mass is 10.1. The van der Waals surface area contributed by atoms with Crippen LogP contribution in [-0.4, -0.2) is 11.1 Å². The molecule has 1 heterocycles. The molecule has 0 unspecified atom stereocenters. The molecule has 0 aliphatic heterocycles. The van der Waals surface area contributed by atoms with E-state index in [0.29, 0.717) is 6.54 Å². The number of rotatable bonds is 3. The molecule has 90 valence electrons. The van der Waals surface area contributed by atoms with Gasteiger partial charge >= 0.3 is 0 Å². The second-order valence-corrected chi connectivity index (χ2v) is 4.56. The Morgan fingerprint density at radius 1 is 1.12 bits per heavy atom. The summed E-state index contributed by atoms with van der Waals surface area (Å²) in [5.74, 6) is 0. The molecule has 2 aromatic rings. The SMILES string of the molecule is Cc1ccccc1-n1c(C)cc(CCN)c1C. The van der Waals surface area contributed by atoms with Crippen LogP contribution in [-0.2, 0) is 6.42 Å². The van der Waals surface area contributed by atoms with Crippen molar-refractivity contribution in [2.24, 2.45) is 5.73 Å².